The molecule has 0 radical (unpaired) electrons. The van der Waals surface area contributed by atoms with Crippen LogP contribution in [0.2, 0.25) is 0 Å². The number of fused-ring (bicyclic) bond motifs is 1. The van der Waals surface area contributed by atoms with E-state index in [0.717, 1.165) is 10.7 Å². The third kappa shape index (κ3) is 2.06. The molecule has 1 aromatic carbocycles. The van der Waals surface area contributed by atoms with Crippen LogP contribution in [-0.2, 0) is 7.05 Å². The van der Waals surface area contributed by atoms with Gasteiger partial charge in [-0.05, 0) is 12.1 Å². The first kappa shape index (κ1) is 12.1. The molecule has 0 spiro atoms. The van der Waals surface area contributed by atoms with Crippen molar-refractivity contribution in [2.24, 2.45) is 7.05 Å². The van der Waals surface area contributed by atoms with Crippen LogP contribution in [0.1, 0.15) is 0 Å². The molecular formula is C9H6F3N3O3. The molecule has 2 aromatic rings. The van der Waals surface area contributed by atoms with E-state index in [0.29, 0.717) is 5.39 Å². The Morgan fingerprint density at radius 2 is 2.11 bits per heavy atom. The second-order valence-electron chi connectivity index (χ2n) is 3.42. The second-order valence-corrected chi connectivity index (χ2v) is 3.42. The van der Waals surface area contributed by atoms with Crippen molar-refractivity contribution >= 4 is 16.6 Å². The van der Waals surface area contributed by atoms with Crippen molar-refractivity contribution < 1.29 is 22.8 Å². The molecule has 0 N–H and O–H groups in total. The molecule has 0 aliphatic carbocycles. The highest BCUT2D eigenvalue weighted by Crippen LogP contribution is 2.37. The van der Waals surface area contributed by atoms with Crippen LogP contribution in [0.3, 0.4) is 0 Å². The maximum atomic E-state index is 12.1. The van der Waals surface area contributed by atoms with Gasteiger partial charge in [-0.15, -0.1) is 13.2 Å². The number of ether oxygens (including phenoxy) is 1. The summed E-state index contributed by atoms with van der Waals surface area (Å²) in [5, 5.41) is 15.0. The van der Waals surface area contributed by atoms with Gasteiger partial charge in [0.05, 0.1) is 11.1 Å². The van der Waals surface area contributed by atoms with E-state index in [2.05, 4.69) is 9.84 Å². The Labute approximate surface area is 97.7 Å². The molecule has 9 heteroatoms. The highest BCUT2D eigenvalue weighted by Gasteiger charge is 2.35. The van der Waals surface area contributed by atoms with Crippen LogP contribution >= 0.6 is 0 Å². The van der Waals surface area contributed by atoms with Crippen molar-refractivity contribution in [3.63, 3.8) is 0 Å². The van der Waals surface area contributed by atoms with Crippen molar-refractivity contribution in [1.29, 1.82) is 0 Å². The summed E-state index contributed by atoms with van der Waals surface area (Å²) >= 11 is 0. The molecule has 0 fully saturated rings. The fourth-order valence-corrected chi connectivity index (χ4v) is 1.61. The molecule has 0 unspecified atom stereocenters. The second kappa shape index (κ2) is 3.86. The van der Waals surface area contributed by atoms with E-state index in [1.165, 1.54) is 19.3 Å². The maximum absolute atomic E-state index is 12.1. The number of rotatable bonds is 2. The first-order valence-electron chi connectivity index (χ1n) is 4.64. The topological polar surface area (TPSA) is 70.2 Å². The monoisotopic (exact) mass is 261 g/mol. The summed E-state index contributed by atoms with van der Waals surface area (Å²) in [5.41, 5.74) is -0.786. The molecule has 2 rings (SSSR count). The number of hydrogen-bond donors (Lipinski definition) is 0. The van der Waals surface area contributed by atoms with Crippen molar-refractivity contribution in [1.82, 2.24) is 9.78 Å². The summed E-state index contributed by atoms with van der Waals surface area (Å²) in [6.07, 6.45) is -3.67. The minimum Gasteiger partial charge on any atom is -0.398 e. The number of nitro benzene ring substituents is 1. The van der Waals surface area contributed by atoms with Gasteiger partial charge in [-0.2, -0.15) is 5.10 Å². The Morgan fingerprint density at radius 1 is 1.44 bits per heavy atom. The van der Waals surface area contributed by atoms with Crippen molar-refractivity contribution in [3.05, 3.63) is 28.4 Å². The molecule has 1 aromatic heterocycles. The Balaban J connectivity index is 2.70. The van der Waals surface area contributed by atoms with Gasteiger partial charge in [0, 0.05) is 12.4 Å². The normalized spacial score (nSPS) is 11.8. The number of alkyl halides is 3. The van der Waals surface area contributed by atoms with Gasteiger partial charge in [-0.3, -0.25) is 14.8 Å². The minimum absolute atomic E-state index is 0.0262. The lowest BCUT2D eigenvalue weighted by molar-refractivity contribution is -0.387. The van der Waals surface area contributed by atoms with E-state index in [9.17, 15) is 23.3 Å². The summed E-state index contributed by atoms with van der Waals surface area (Å²) in [7, 11) is 1.40. The van der Waals surface area contributed by atoms with Crippen LogP contribution in [0.25, 0.3) is 10.9 Å². The van der Waals surface area contributed by atoms with Crippen LogP contribution in [-0.4, -0.2) is 21.1 Å². The molecule has 0 saturated heterocycles. The standard InChI is InChI=1S/C9H6F3N3O3/c1-14-7-5(4-13-14)2-3-6(8(7)15(16)17)18-9(10,11)12/h2-4H,1H3. The zero-order valence-corrected chi connectivity index (χ0v) is 8.93. The number of hydrogen-bond acceptors (Lipinski definition) is 4. The van der Waals surface area contributed by atoms with Gasteiger partial charge in [0.1, 0.15) is 5.52 Å². The Hall–Kier alpha value is -2.32. The van der Waals surface area contributed by atoms with E-state index in [1.807, 2.05) is 0 Å². The Bertz CT molecular complexity index is 621. The molecule has 18 heavy (non-hydrogen) atoms. The predicted molar refractivity (Wildman–Crippen MR) is 54.1 cm³/mol. The van der Waals surface area contributed by atoms with Gasteiger partial charge in [0.25, 0.3) is 0 Å². The number of halogens is 3. The quantitative estimate of drug-likeness (QED) is 0.614. The summed E-state index contributed by atoms with van der Waals surface area (Å²) in [6, 6.07) is 2.17. The number of nitrogens with zero attached hydrogens (tertiary/aromatic N) is 3. The molecule has 0 atom stereocenters. The van der Waals surface area contributed by atoms with Gasteiger partial charge in [-0.25, -0.2) is 0 Å². The number of nitro groups is 1. The summed E-state index contributed by atoms with van der Waals surface area (Å²) < 4.78 is 41.2. The SMILES string of the molecule is Cn1ncc2ccc(OC(F)(F)F)c([N+](=O)[O-])c21. The van der Waals surface area contributed by atoms with Crippen molar-refractivity contribution in [2.75, 3.05) is 0 Å². The summed E-state index contributed by atoms with van der Waals surface area (Å²) in [4.78, 5) is 9.96. The van der Waals surface area contributed by atoms with Gasteiger partial charge >= 0.3 is 12.0 Å². The van der Waals surface area contributed by atoms with Crippen LogP contribution in [0.4, 0.5) is 18.9 Å². The van der Waals surface area contributed by atoms with Gasteiger partial charge in [0.2, 0.25) is 5.75 Å². The Morgan fingerprint density at radius 3 is 2.67 bits per heavy atom. The maximum Gasteiger partial charge on any atom is 0.573 e. The predicted octanol–water partition coefficient (Wildman–Crippen LogP) is 2.38. The van der Waals surface area contributed by atoms with Crippen LogP contribution in [0, 0.1) is 10.1 Å². The van der Waals surface area contributed by atoms with E-state index >= 15 is 0 Å². The highest BCUT2D eigenvalue weighted by molar-refractivity contribution is 5.90. The lowest BCUT2D eigenvalue weighted by atomic mass is 10.2. The molecule has 0 amide bonds. The van der Waals surface area contributed by atoms with Gasteiger partial charge < -0.3 is 4.74 Å². The molecule has 6 nitrogen and oxygen atoms in total. The third-order valence-electron chi connectivity index (χ3n) is 2.25. The number of aromatic nitrogens is 2. The first-order valence-corrected chi connectivity index (χ1v) is 4.64. The van der Waals surface area contributed by atoms with E-state index in [4.69, 9.17) is 0 Å². The molecule has 1 heterocycles. The smallest absolute Gasteiger partial charge is 0.398 e. The van der Waals surface area contributed by atoms with E-state index < -0.39 is 22.7 Å². The van der Waals surface area contributed by atoms with Gasteiger partial charge in [-0.1, -0.05) is 0 Å². The fraction of sp³-hybridized carbons (Fsp3) is 0.222. The van der Waals surface area contributed by atoms with Crippen LogP contribution < -0.4 is 4.74 Å². The first-order chi connectivity index (χ1) is 8.29. The average Bonchev–Trinajstić information content (AvgIpc) is 2.58. The number of aryl methyl sites for hydroxylation is 1. The minimum atomic E-state index is -4.99. The average molecular weight is 261 g/mol. The van der Waals surface area contributed by atoms with Crippen LogP contribution in [0.15, 0.2) is 18.3 Å². The summed E-state index contributed by atoms with van der Waals surface area (Å²) in [5.74, 6) is -0.858. The molecule has 0 aliphatic rings. The van der Waals surface area contributed by atoms with Crippen LogP contribution in [0.5, 0.6) is 5.75 Å². The number of benzene rings is 1. The molecule has 0 bridgehead atoms. The lowest BCUT2D eigenvalue weighted by Crippen LogP contribution is -2.18. The largest absolute Gasteiger partial charge is 0.573 e. The Kier molecular flexibility index (Phi) is 2.60. The molecule has 0 saturated carbocycles. The zero-order valence-electron chi connectivity index (χ0n) is 8.93. The fourth-order valence-electron chi connectivity index (χ4n) is 1.61. The zero-order chi connectivity index (χ0) is 13.5. The highest BCUT2D eigenvalue weighted by atomic mass is 19.4. The van der Waals surface area contributed by atoms with E-state index in [1.54, 1.807) is 0 Å². The molecular weight excluding hydrogens is 255 g/mol. The molecule has 0 aliphatic heterocycles. The lowest BCUT2D eigenvalue weighted by Gasteiger charge is -2.09. The summed E-state index contributed by atoms with van der Waals surface area (Å²) in [6.45, 7) is 0. The van der Waals surface area contributed by atoms with E-state index in [-0.39, 0.29) is 5.52 Å². The van der Waals surface area contributed by atoms with Crippen molar-refractivity contribution in [2.45, 2.75) is 6.36 Å². The van der Waals surface area contributed by atoms with Crippen molar-refractivity contribution in [3.8, 4) is 5.75 Å². The third-order valence-corrected chi connectivity index (χ3v) is 2.25. The molecule has 96 valence electrons. The van der Waals surface area contributed by atoms with Gasteiger partial charge in [0.15, 0.2) is 0 Å².